The van der Waals surface area contributed by atoms with Crippen LogP contribution in [0.4, 0.5) is 5.95 Å². The summed E-state index contributed by atoms with van der Waals surface area (Å²) in [6, 6.07) is 0.208. The molecule has 20 heavy (non-hydrogen) atoms. The Balaban J connectivity index is 2.32. The van der Waals surface area contributed by atoms with Crippen molar-refractivity contribution in [2.45, 2.75) is 30.7 Å². The van der Waals surface area contributed by atoms with E-state index in [-0.39, 0.29) is 11.7 Å². The normalized spacial score (nSPS) is 10.6. The number of anilines is 1. The van der Waals surface area contributed by atoms with E-state index in [1.807, 2.05) is 13.8 Å². The van der Waals surface area contributed by atoms with Gasteiger partial charge in [-0.15, -0.1) is 5.10 Å². The standard InChI is InChI=1S/C10H15N7O2S/c1-4-11-6-12-7(19-3)14-8(13-6)20-10-16-15-9(18)17(10)5-2/h4-5H2,1-3H3,(H,15,18)(H,11,12,13,14). The predicted octanol–water partition coefficient (Wildman–Crippen LogP) is 0.368. The number of H-pyrrole nitrogens is 1. The van der Waals surface area contributed by atoms with Crippen molar-refractivity contribution >= 4 is 17.7 Å². The minimum atomic E-state index is -0.261. The van der Waals surface area contributed by atoms with Gasteiger partial charge in [0.15, 0.2) is 5.16 Å². The Hall–Kier alpha value is -2.10. The Labute approximate surface area is 119 Å². The molecule has 10 heteroatoms. The van der Waals surface area contributed by atoms with Crippen LogP contribution in [0, 0.1) is 0 Å². The average molecular weight is 297 g/mol. The number of nitrogens with one attached hydrogen (secondary N) is 2. The fourth-order valence-electron chi connectivity index (χ4n) is 1.45. The first-order chi connectivity index (χ1) is 9.67. The molecule has 0 aliphatic rings. The Morgan fingerprint density at radius 3 is 2.80 bits per heavy atom. The molecule has 0 aliphatic carbocycles. The molecule has 0 amide bonds. The summed E-state index contributed by atoms with van der Waals surface area (Å²) < 4.78 is 6.52. The maximum Gasteiger partial charge on any atom is 0.343 e. The largest absolute Gasteiger partial charge is 0.467 e. The topological polar surface area (TPSA) is 111 Å². The van der Waals surface area contributed by atoms with Gasteiger partial charge in [-0.1, -0.05) is 0 Å². The number of ether oxygens (including phenoxy) is 1. The van der Waals surface area contributed by atoms with Crippen molar-refractivity contribution in [2.24, 2.45) is 0 Å². The van der Waals surface area contributed by atoms with Gasteiger partial charge in [0.05, 0.1) is 7.11 Å². The van der Waals surface area contributed by atoms with Crippen LogP contribution in [0.3, 0.4) is 0 Å². The fraction of sp³-hybridized carbons (Fsp3) is 0.500. The highest BCUT2D eigenvalue weighted by Gasteiger charge is 2.13. The molecule has 2 rings (SSSR count). The van der Waals surface area contributed by atoms with Crippen LogP contribution in [0.5, 0.6) is 6.01 Å². The summed E-state index contributed by atoms with van der Waals surface area (Å²) in [5, 5.41) is 10.2. The quantitative estimate of drug-likeness (QED) is 0.786. The molecule has 2 aromatic heterocycles. The monoisotopic (exact) mass is 297 g/mol. The molecule has 0 aliphatic heterocycles. The summed E-state index contributed by atoms with van der Waals surface area (Å²) in [6.45, 7) is 4.99. The van der Waals surface area contributed by atoms with Crippen LogP contribution in [0.25, 0.3) is 0 Å². The molecule has 0 saturated carbocycles. The highest BCUT2D eigenvalue weighted by atomic mass is 32.2. The maximum absolute atomic E-state index is 11.5. The van der Waals surface area contributed by atoms with Crippen LogP contribution in [0.1, 0.15) is 13.8 Å². The third-order valence-corrected chi connectivity index (χ3v) is 3.19. The van der Waals surface area contributed by atoms with Crippen LogP contribution in [-0.2, 0) is 6.54 Å². The van der Waals surface area contributed by atoms with Gasteiger partial charge in [0, 0.05) is 13.1 Å². The lowest BCUT2D eigenvalue weighted by Crippen LogP contribution is -2.16. The summed E-state index contributed by atoms with van der Waals surface area (Å²) in [5.74, 6) is 0.419. The summed E-state index contributed by atoms with van der Waals surface area (Å²) >= 11 is 1.17. The zero-order valence-electron chi connectivity index (χ0n) is 11.4. The Morgan fingerprint density at radius 1 is 1.35 bits per heavy atom. The highest BCUT2D eigenvalue weighted by molar-refractivity contribution is 7.99. The first kappa shape index (κ1) is 14.3. The van der Waals surface area contributed by atoms with Crippen molar-refractivity contribution in [3.8, 4) is 6.01 Å². The number of aromatic amines is 1. The highest BCUT2D eigenvalue weighted by Crippen LogP contribution is 2.23. The zero-order chi connectivity index (χ0) is 14.5. The molecule has 0 unspecified atom stereocenters. The third-order valence-electron chi connectivity index (χ3n) is 2.33. The lowest BCUT2D eigenvalue weighted by atomic mass is 10.7. The Bertz CT molecular complexity index is 639. The van der Waals surface area contributed by atoms with Gasteiger partial charge >= 0.3 is 11.7 Å². The molecule has 0 aromatic carbocycles. The Kier molecular flexibility index (Phi) is 4.56. The molecular weight excluding hydrogens is 282 g/mol. The molecule has 0 spiro atoms. The second-order valence-corrected chi connectivity index (χ2v) is 4.55. The number of nitrogens with zero attached hydrogens (tertiary/aromatic N) is 5. The molecule has 2 N–H and O–H groups in total. The summed E-state index contributed by atoms with van der Waals surface area (Å²) in [5.41, 5.74) is -0.261. The van der Waals surface area contributed by atoms with Crippen LogP contribution >= 0.6 is 11.8 Å². The Morgan fingerprint density at radius 2 is 2.15 bits per heavy atom. The van der Waals surface area contributed by atoms with Crippen molar-refractivity contribution in [2.75, 3.05) is 19.0 Å². The number of hydrogen-bond donors (Lipinski definition) is 2. The average Bonchev–Trinajstić information content (AvgIpc) is 2.79. The number of aromatic nitrogens is 6. The van der Waals surface area contributed by atoms with Gasteiger partial charge in [-0.2, -0.15) is 15.0 Å². The van der Waals surface area contributed by atoms with Crippen molar-refractivity contribution < 1.29 is 4.74 Å². The predicted molar refractivity (Wildman–Crippen MR) is 73.2 cm³/mol. The number of rotatable bonds is 6. The number of methoxy groups -OCH3 is 1. The molecule has 0 radical (unpaired) electrons. The lowest BCUT2D eigenvalue weighted by molar-refractivity contribution is 0.373. The lowest BCUT2D eigenvalue weighted by Gasteiger charge is -2.06. The van der Waals surface area contributed by atoms with E-state index < -0.39 is 0 Å². The summed E-state index contributed by atoms with van der Waals surface area (Å²) in [4.78, 5) is 23.9. The van der Waals surface area contributed by atoms with Crippen LogP contribution < -0.4 is 15.7 Å². The minimum Gasteiger partial charge on any atom is -0.467 e. The van der Waals surface area contributed by atoms with Gasteiger partial charge in [0.1, 0.15) is 0 Å². The minimum absolute atomic E-state index is 0.208. The maximum atomic E-state index is 11.5. The second kappa shape index (κ2) is 6.37. The van der Waals surface area contributed by atoms with Gasteiger partial charge in [-0.05, 0) is 25.6 Å². The van der Waals surface area contributed by atoms with E-state index in [9.17, 15) is 4.79 Å². The van der Waals surface area contributed by atoms with Crippen molar-refractivity contribution in [3.05, 3.63) is 10.5 Å². The van der Waals surface area contributed by atoms with Gasteiger partial charge in [0.2, 0.25) is 11.1 Å². The van der Waals surface area contributed by atoms with E-state index in [4.69, 9.17) is 4.74 Å². The smallest absolute Gasteiger partial charge is 0.343 e. The van der Waals surface area contributed by atoms with E-state index in [0.717, 1.165) is 0 Å². The summed E-state index contributed by atoms with van der Waals surface area (Å²) in [7, 11) is 1.48. The second-order valence-electron chi connectivity index (χ2n) is 3.62. The van der Waals surface area contributed by atoms with Crippen LogP contribution in [-0.4, -0.2) is 43.4 Å². The van der Waals surface area contributed by atoms with Crippen LogP contribution in [0.15, 0.2) is 15.1 Å². The van der Waals surface area contributed by atoms with E-state index in [1.165, 1.54) is 23.4 Å². The molecule has 0 bridgehead atoms. The van der Waals surface area contributed by atoms with Crippen molar-refractivity contribution in [1.29, 1.82) is 0 Å². The van der Waals surface area contributed by atoms with Crippen molar-refractivity contribution in [3.63, 3.8) is 0 Å². The van der Waals surface area contributed by atoms with Gasteiger partial charge in [-0.3, -0.25) is 4.57 Å². The molecular formula is C10H15N7O2S. The van der Waals surface area contributed by atoms with Crippen molar-refractivity contribution in [1.82, 2.24) is 29.7 Å². The first-order valence-electron chi connectivity index (χ1n) is 6.04. The SMILES string of the molecule is CCNc1nc(OC)nc(Sc2n[nH]c(=O)n2CC)n1. The third kappa shape index (κ3) is 3.07. The fourth-order valence-corrected chi connectivity index (χ4v) is 2.29. The molecule has 0 fully saturated rings. The van der Waals surface area contributed by atoms with Gasteiger partial charge in [0.25, 0.3) is 0 Å². The molecule has 108 valence electrons. The molecule has 9 nitrogen and oxygen atoms in total. The molecule has 0 atom stereocenters. The molecule has 2 heterocycles. The van der Waals surface area contributed by atoms with E-state index >= 15 is 0 Å². The van der Waals surface area contributed by atoms with Crippen LogP contribution in [0.2, 0.25) is 0 Å². The van der Waals surface area contributed by atoms with Gasteiger partial charge in [-0.25, -0.2) is 9.89 Å². The molecule has 2 aromatic rings. The zero-order valence-corrected chi connectivity index (χ0v) is 12.2. The van der Waals surface area contributed by atoms with E-state index in [2.05, 4.69) is 30.5 Å². The summed E-state index contributed by atoms with van der Waals surface area (Å²) in [6.07, 6.45) is 0. The molecule has 0 saturated heterocycles. The number of hydrogen-bond acceptors (Lipinski definition) is 8. The van der Waals surface area contributed by atoms with E-state index in [0.29, 0.717) is 29.4 Å². The van der Waals surface area contributed by atoms with Gasteiger partial charge < -0.3 is 10.1 Å². The van der Waals surface area contributed by atoms with E-state index in [1.54, 1.807) is 0 Å². The first-order valence-corrected chi connectivity index (χ1v) is 6.86.